The first-order valence-electron chi connectivity index (χ1n) is 10.8. The van der Waals surface area contributed by atoms with E-state index in [0.717, 1.165) is 6.42 Å². The molecule has 1 fully saturated rings. The first-order chi connectivity index (χ1) is 14.9. The number of rotatable bonds is 6. The van der Waals surface area contributed by atoms with Gasteiger partial charge in [-0.05, 0) is 43.6 Å². The summed E-state index contributed by atoms with van der Waals surface area (Å²) in [4.78, 5) is 27.2. The van der Waals surface area contributed by atoms with E-state index in [0.29, 0.717) is 12.2 Å². The van der Waals surface area contributed by atoms with Crippen LogP contribution in [0.15, 0.2) is 15.8 Å². The molecule has 3 atom stereocenters. The zero-order chi connectivity index (χ0) is 23.7. The third-order valence-electron chi connectivity index (χ3n) is 6.15. The Morgan fingerprint density at radius 3 is 2.47 bits per heavy atom. The zero-order valence-corrected chi connectivity index (χ0v) is 20.7. The summed E-state index contributed by atoms with van der Waals surface area (Å²) >= 11 is 0. The van der Waals surface area contributed by atoms with Crippen LogP contribution < -0.4 is 11.2 Å². The molecule has 1 aliphatic heterocycles. The topological polar surface area (TPSA) is 125 Å². The zero-order valence-electron chi connectivity index (χ0n) is 19.7. The van der Waals surface area contributed by atoms with E-state index in [9.17, 15) is 9.59 Å². The minimum Gasteiger partial charge on any atom is -0.411 e. The predicted molar refractivity (Wildman–Crippen MR) is 123 cm³/mol. The first-order valence-corrected chi connectivity index (χ1v) is 13.7. The second kappa shape index (κ2) is 9.16. The van der Waals surface area contributed by atoms with E-state index in [1.807, 2.05) is 6.92 Å². The number of ether oxygens (including phenoxy) is 1. The van der Waals surface area contributed by atoms with Crippen molar-refractivity contribution in [1.29, 1.82) is 0 Å². The van der Waals surface area contributed by atoms with Crippen molar-refractivity contribution < 1.29 is 9.16 Å². The smallest absolute Gasteiger partial charge is 0.330 e. The lowest BCUT2D eigenvalue weighted by molar-refractivity contribution is -0.0198. The van der Waals surface area contributed by atoms with Gasteiger partial charge in [0.25, 0.3) is 5.56 Å². The second-order valence-corrected chi connectivity index (χ2v) is 14.3. The Labute approximate surface area is 188 Å². The Morgan fingerprint density at radius 1 is 1.22 bits per heavy atom. The van der Waals surface area contributed by atoms with Crippen LogP contribution in [0.2, 0.25) is 18.1 Å². The molecule has 11 heteroatoms. The van der Waals surface area contributed by atoms with Gasteiger partial charge in [0.1, 0.15) is 6.23 Å². The van der Waals surface area contributed by atoms with Crippen LogP contribution in [0.5, 0.6) is 0 Å². The standard InChI is InChI=1S/C21H32N6O4Si/c1-8-15-16(31-32(6,7)21(3,4)5)11-18(30-15)27-12-14(19(28)22-20(27)29)9-10-17-25-23-13(2)24-26-17/h9-10,12,15-16,18H,8,11H2,1-7H3,(H,22,28,29)/b10-9+/t15-,16-,18-/m1/s1. The first kappa shape index (κ1) is 24.1. The van der Waals surface area contributed by atoms with Crippen LogP contribution >= 0.6 is 0 Å². The van der Waals surface area contributed by atoms with Crippen LogP contribution in [0.25, 0.3) is 12.2 Å². The Morgan fingerprint density at radius 2 is 1.88 bits per heavy atom. The Bertz CT molecular complexity index is 1090. The van der Waals surface area contributed by atoms with E-state index < -0.39 is 25.8 Å². The van der Waals surface area contributed by atoms with E-state index in [1.54, 1.807) is 6.92 Å². The number of aromatic nitrogens is 6. The summed E-state index contributed by atoms with van der Waals surface area (Å²) in [6.45, 7) is 14.7. The highest BCUT2D eigenvalue weighted by Crippen LogP contribution is 2.41. The lowest BCUT2D eigenvalue weighted by atomic mass is 10.1. The van der Waals surface area contributed by atoms with Crippen molar-refractivity contribution in [3.8, 4) is 0 Å². The molecule has 1 aliphatic rings. The molecule has 0 bridgehead atoms. The van der Waals surface area contributed by atoms with Gasteiger partial charge in [0.15, 0.2) is 20.0 Å². The van der Waals surface area contributed by atoms with Crippen molar-refractivity contribution in [3.63, 3.8) is 0 Å². The van der Waals surface area contributed by atoms with Crippen molar-refractivity contribution in [2.24, 2.45) is 0 Å². The van der Waals surface area contributed by atoms with Crippen LogP contribution in [-0.4, -0.2) is 50.5 Å². The third-order valence-corrected chi connectivity index (χ3v) is 10.7. The third kappa shape index (κ3) is 5.27. The quantitative estimate of drug-likeness (QED) is 0.652. The summed E-state index contributed by atoms with van der Waals surface area (Å²) in [5.41, 5.74) is -0.747. The summed E-state index contributed by atoms with van der Waals surface area (Å²) in [6.07, 6.45) is 5.10. The Hall–Kier alpha value is -2.50. The van der Waals surface area contributed by atoms with Crippen LogP contribution in [0, 0.1) is 6.92 Å². The van der Waals surface area contributed by atoms with E-state index >= 15 is 0 Å². The Balaban J connectivity index is 1.86. The van der Waals surface area contributed by atoms with E-state index in [4.69, 9.17) is 9.16 Å². The summed E-state index contributed by atoms with van der Waals surface area (Å²) in [5, 5.41) is 15.5. The molecule has 0 aliphatic carbocycles. The maximum atomic E-state index is 12.6. The molecule has 0 unspecified atom stereocenters. The van der Waals surface area contributed by atoms with Gasteiger partial charge in [-0.2, -0.15) is 0 Å². The second-order valence-electron chi connectivity index (χ2n) is 9.58. The molecule has 1 saturated heterocycles. The molecule has 0 aromatic carbocycles. The lowest BCUT2D eigenvalue weighted by Crippen LogP contribution is -2.45. The van der Waals surface area contributed by atoms with Crippen LogP contribution in [-0.2, 0) is 9.16 Å². The highest BCUT2D eigenvalue weighted by molar-refractivity contribution is 6.74. The maximum Gasteiger partial charge on any atom is 0.330 e. The number of hydrogen-bond donors (Lipinski definition) is 1. The fourth-order valence-corrected chi connectivity index (χ4v) is 4.62. The largest absolute Gasteiger partial charge is 0.411 e. The van der Waals surface area contributed by atoms with Gasteiger partial charge in [-0.3, -0.25) is 14.3 Å². The Kier molecular flexibility index (Phi) is 6.91. The number of H-pyrrole nitrogens is 1. The molecule has 0 spiro atoms. The molecular formula is C21H32N6O4Si. The van der Waals surface area contributed by atoms with Gasteiger partial charge in [-0.1, -0.05) is 27.7 Å². The monoisotopic (exact) mass is 460 g/mol. The SMILES string of the molecule is CC[C@H]1O[C@@H](n2cc(/C=C/c3nnc(C)nn3)c(=O)[nH]c2=O)C[C@H]1O[Si](C)(C)C(C)(C)C. The van der Waals surface area contributed by atoms with Gasteiger partial charge in [-0.15, -0.1) is 20.4 Å². The van der Waals surface area contributed by atoms with Crippen LogP contribution in [0.1, 0.15) is 64.0 Å². The highest BCUT2D eigenvalue weighted by atomic mass is 28.4. The van der Waals surface area contributed by atoms with Crippen molar-refractivity contribution >= 4 is 20.5 Å². The molecule has 2 aromatic rings. The van der Waals surface area contributed by atoms with Gasteiger partial charge in [0, 0.05) is 12.6 Å². The predicted octanol–water partition coefficient (Wildman–Crippen LogP) is 2.68. The molecule has 3 heterocycles. The van der Waals surface area contributed by atoms with E-state index in [1.165, 1.54) is 22.9 Å². The number of aryl methyl sites for hydroxylation is 1. The molecule has 0 radical (unpaired) electrons. The number of nitrogens with zero attached hydrogens (tertiary/aromatic N) is 5. The fourth-order valence-electron chi connectivity index (χ4n) is 3.26. The van der Waals surface area contributed by atoms with Gasteiger partial charge >= 0.3 is 5.69 Å². The highest BCUT2D eigenvalue weighted by Gasteiger charge is 2.44. The average molecular weight is 461 g/mol. The van der Waals surface area contributed by atoms with E-state index in [-0.39, 0.29) is 28.6 Å². The molecular weight excluding hydrogens is 428 g/mol. The molecule has 174 valence electrons. The maximum absolute atomic E-state index is 12.6. The molecule has 0 amide bonds. The summed E-state index contributed by atoms with van der Waals surface area (Å²) in [6, 6.07) is 0. The van der Waals surface area contributed by atoms with Crippen LogP contribution in [0.4, 0.5) is 0 Å². The molecule has 3 rings (SSSR count). The average Bonchev–Trinajstić information content (AvgIpc) is 3.09. The van der Waals surface area contributed by atoms with Gasteiger partial charge in [0.2, 0.25) is 0 Å². The number of aromatic amines is 1. The molecule has 0 saturated carbocycles. The van der Waals surface area contributed by atoms with Crippen molar-refractivity contribution in [1.82, 2.24) is 29.9 Å². The number of hydrogen-bond acceptors (Lipinski definition) is 8. The van der Waals surface area contributed by atoms with Crippen molar-refractivity contribution in [2.45, 2.75) is 84.0 Å². The lowest BCUT2D eigenvalue weighted by Gasteiger charge is -2.39. The normalized spacial score (nSPS) is 22.0. The summed E-state index contributed by atoms with van der Waals surface area (Å²) in [5.74, 6) is 0.714. The molecule has 10 nitrogen and oxygen atoms in total. The molecule has 2 aromatic heterocycles. The fraction of sp³-hybridized carbons (Fsp3) is 0.619. The van der Waals surface area contributed by atoms with Gasteiger partial charge < -0.3 is 9.16 Å². The van der Waals surface area contributed by atoms with Gasteiger partial charge in [0.05, 0.1) is 17.8 Å². The summed E-state index contributed by atoms with van der Waals surface area (Å²) in [7, 11) is -2.01. The van der Waals surface area contributed by atoms with Crippen LogP contribution in [0.3, 0.4) is 0 Å². The van der Waals surface area contributed by atoms with E-state index in [2.05, 4.69) is 59.2 Å². The van der Waals surface area contributed by atoms with Crippen molar-refractivity contribution in [2.75, 3.05) is 0 Å². The molecule has 1 N–H and O–H groups in total. The van der Waals surface area contributed by atoms with Crippen molar-refractivity contribution in [3.05, 3.63) is 44.2 Å². The minimum atomic E-state index is -2.01. The summed E-state index contributed by atoms with van der Waals surface area (Å²) < 4.78 is 14.2. The van der Waals surface area contributed by atoms with Gasteiger partial charge in [-0.25, -0.2) is 4.79 Å². The number of nitrogens with one attached hydrogen (secondary N) is 1. The minimum absolute atomic E-state index is 0.0674. The molecule has 32 heavy (non-hydrogen) atoms.